The highest BCUT2D eigenvalue weighted by Gasteiger charge is 2.31. The van der Waals surface area contributed by atoms with E-state index in [9.17, 15) is 0 Å². The molecule has 0 amide bonds. The quantitative estimate of drug-likeness (QED) is 0.519. The predicted octanol–water partition coefficient (Wildman–Crippen LogP) is 6.46. The number of nitrogens with one attached hydrogen (secondary N) is 1. The van der Waals surface area contributed by atoms with Gasteiger partial charge in [-0.05, 0) is 37.8 Å². The highest BCUT2D eigenvalue weighted by Crippen LogP contribution is 2.39. The average molecular weight is 334 g/mol. The summed E-state index contributed by atoms with van der Waals surface area (Å²) < 4.78 is 0. The topological polar surface area (TPSA) is 12.0 Å². The van der Waals surface area contributed by atoms with Crippen LogP contribution >= 0.6 is 0 Å². The van der Waals surface area contributed by atoms with Crippen LogP contribution in [0.1, 0.15) is 50.8 Å². The van der Waals surface area contributed by atoms with Gasteiger partial charge in [0.2, 0.25) is 0 Å². The summed E-state index contributed by atoms with van der Waals surface area (Å²) in [6.45, 7) is 11.7. The molecule has 0 heterocycles. The lowest BCUT2D eigenvalue weighted by atomic mass is 9.75. The number of hydrogen-bond donors (Lipinski definition) is 1. The van der Waals surface area contributed by atoms with Gasteiger partial charge in [0.1, 0.15) is 0 Å². The molecule has 0 spiro atoms. The van der Waals surface area contributed by atoms with Crippen molar-refractivity contribution in [3.8, 4) is 0 Å². The summed E-state index contributed by atoms with van der Waals surface area (Å²) >= 11 is 0. The normalized spacial score (nSPS) is 14.4. The van der Waals surface area contributed by atoms with E-state index in [0.29, 0.717) is 0 Å². The molecule has 2 unspecified atom stereocenters. The first-order valence-corrected chi connectivity index (χ1v) is 9.14. The number of allylic oxidation sites excluding steroid dienone is 2. The Balaban J connectivity index is 2.22. The predicted molar refractivity (Wildman–Crippen MR) is 109 cm³/mol. The van der Waals surface area contributed by atoms with Gasteiger partial charge < -0.3 is 5.32 Å². The lowest BCUT2D eigenvalue weighted by Crippen LogP contribution is -2.34. The fourth-order valence-electron chi connectivity index (χ4n) is 3.23. The van der Waals surface area contributed by atoms with E-state index in [1.165, 1.54) is 16.7 Å². The largest absolute Gasteiger partial charge is 0.305 e. The van der Waals surface area contributed by atoms with E-state index in [0.717, 1.165) is 19.4 Å². The van der Waals surface area contributed by atoms with E-state index in [1.54, 1.807) is 0 Å². The molecule has 2 aromatic carbocycles. The molecule has 0 aliphatic carbocycles. The van der Waals surface area contributed by atoms with Gasteiger partial charge in [0.05, 0.1) is 0 Å². The maximum absolute atomic E-state index is 4.17. The third-order valence-corrected chi connectivity index (χ3v) is 4.85. The molecule has 2 aromatic rings. The highest BCUT2D eigenvalue weighted by molar-refractivity contribution is 5.24. The lowest BCUT2D eigenvalue weighted by molar-refractivity contribution is 0.266. The summed E-state index contributed by atoms with van der Waals surface area (Å²) in [5, 5.41) is 3.79. The van der Waals surface area contributed by atoms with Crippen LogP contribution in [-0.4, -0.2) is 0 Å². The van der Waals surface area contributed by atoms with Crippen LogP contribution in [0.3, 0.4) is 0 Å². The second-order valence-corrected chi connectivity index (χ2v) is 7.24. The molecule has 0 radical (unpaired) electrons. The number of hydrogen-bond acceptors (Lipinski definition) is 1. The minimum absolute atomic E-state index is 0.0118. The van der Waals surface area contributed by atoms with Crippen LogP contribution in [0.2, 0.25) is 0 Å². The third kappa shape index (κ3) is 5.72. The summed E-state index contributed by atoms with van der Waals surface area (Å²) in [6.07, 6.45) is 6.59. The Hall–Kier alpha value is -2.12. The monoisotopic (exact) mass is 333 g/mol. The van der Waals surface area contributed by atoms with Crippen LogP contribution in [-0.2, 0) is 6.54 Å². The van der Waals surface area contributed by atoms with Gasteiger partial charge in [-0.25, -0.2) is 0 Å². The van der Waals surface area contributed by atoms with E-state index in [2.05, 4.69) is 105 Å². The molecular weight excluding hydrogens is 302 g/mol. The number of benzene rings is 2. The van der Waals surface area contributed by atoms with Gasteiger partial charge in [0, 0.05) is 18.0 Å². The SMILES string of the molecule is C=CC(C)(CCC=C(C)C)C(NCc1ccccc1)c1ccccc1. The first kappa shape index (κ1) is 19.2. The molecule has 0 saturated carbocycles. The van der Waals surface area contributed by atoms with Gasteiger partial charge in [-0.2, -0.15) is 0 Å². The molecule has 25 heavy (non-hydrogen) atoms. The molecule has 0 fully saturated rings. The van der Waals surface area contributed by atoms with Crippen LogP contribution in [0.5, 0.6) is 0 Å². The van der Waals surface area contributed by atoms with Crippen LogP contribution in [0, 0.1) is 5.41 Å². The smallest absolute Gasteiger partial charge is 0.0412 e. The molecule has 2 atom stereocenters. The third-order valence-electron chi connectivity index (χ3n) is 4.85. The minimum atomic E-state index is -0.0118. The first-order valence-electron chi connectivity index (χ1n) is 9.14. The maximum atomic E-state index is 4.17. The van der Waals surface area contributed by atoms with E-state index in [-0.39, 0.29) is 11.5 Å². The molecule has 0 bridgehead atoms. The first-order chi connectivity index (χ1) is 12.0. The minimum Gasteiger partial charge on any atom is -0.305 e. The highest BCUT2D eigenvalue weighted by atomic mass is 14.9. The Kier molecular flexibility index (Phi) is 7.21. The Bertz CT molecular complexity index is 668. The molecule has 1 heteroatoms. The van der Waals surface area contributed by atoms with E-state index in [4.69, 9.17) is 0 Å². The fourth-order valence-corrected chi connectivity index (χ4v) is 3.23. The Morgan fingerprint density at radius 3 is 2.20 bits per heavy atom. The average Bonchev–Trinajstić information content (AvgIpc) is 2.63. The maximum Gasteiger partial charge on any atom is 0.0412 e. The van der Waals surface area contributed by atoms with Crippen molar-refractivity contribution in [3.05, 3.63) is 96.1 Å². The van der Waals surface area contributed by atoms with Gasteiger partial charge in [-0.15, -0.1) is 6.58 Å². The Morgan fingerprint density at radius 2 is 1.64 bits per heavy atom. The molecule has 2 rings (SSSR count). The van der Waals surface area contributed by atoms with Gasteiger partial charge in [0.15, 0.2) is 0 Å². The molecule has 0 saturated heterocycles. The van der Waals surface area contributed by atoms with Crippen molar-refractivity contribution in [2.45, 2.75) is 46.2 Å². The lowest BCUT2D eigenvalue weighted by Gasteiger charge is -2.36. The molecule has 0 aliphatic heterocycles. The summed E-state index contributed by atoms with van der Waals surface area (Å²) in [7, 11) is 0. The Morgan fingerprint density at radius 1 is 1.04 bits per heavy atom. The zero-order chi connectivity index (χ0) is 18.1. The van der Waals surface area contributed by atoms with E-state index in [1.807, 2.05) is 0 Å². The van der Waals surface area contributed by atoms with Crippen LogP contribution in [0.25, 0.3) is 0 Å². The van der Waals surface area contributed by atoms with Gasteiger partial charge >= 0.3 is 0 Å². The van der Waals surface area contributed by atoms with Crippen molar-refractivity contribution >= 4 is 0 Å². The summed E-state index contributed by atoms with van der Waals surface area (Å²) in [6, 6.07) is 21.6. The molecule has 132 valence electrons. The van der Waals surface area contributed by atoms with Gasteiger partial charge in [-0.1, -0.05) is 85.3 Å². The van der Waals surface area contributed by atoms with E-state index < -0.39 is 0 Å². The van der Waals surface area contributed by atoms with Crippen molar-refractivity contribution in [1.29, 1.82) is 0 Å². The molecule has 0 aliphatic rings. The second kappa shape index (κ2) is 9.39. The van der Waals surface area contributed by atoms with Crippen molar-refractivity contribution in [2.75, 3.05) is 0 Å². The summed E-state index contributed by atoms with van der Waals surface area (Å²) in [5.41, 5.74) is 3.99. The molecule has 1 N–H and O–H groups in total. The standard InChI is InChI=1S/C24H31N/c1-5-24(4,18-12-13-20(2)3)23(22-16-10-7-11-17-22)25-19-21-14-8-6-9-15-21/h5-11,13-17,23,25H,1,12,18-19H2,2-4H3. The Labute approximate surface area is 153 Å². The van der Waals surface area contributed by atoms with Crippen molar-refractivity contribution < 1.29 is 0 Å². The molecule has 1 nitrogen and oxygen atoms in total. The molecule has 0 aromatic heterocycles. The van der Waals surface area contributed by atoms with Crippen molar-refractivity contribution in [3.63, 3.8) is 0 Å². The zero-order valence-corrected chi connectivity index (χ0v) is 15.8. The van der Waals surface area contributed by atoms with Crippen molar-refractivity contribution in [1.82, 2.24) is 5.32 Å². The summed E-state index contributed by atoms with van der Waals surface area (Å²) in [4.78, 5) is 0. The van der Waals surface area contributed by atoms with Gasteiger partial charge in [0.25, 0.3) is 0 Å². The van der Waals surface area contributed by atoms with Crippen LogP contribution < -0.4 is 5.32 Å². The van der Waals surface area contributed by atoms with Crippen LogP contribution in [0.4, 0.5) is 0 Å². The second-order valence-electron chi connectivity index (χ2n) is 7.24. The fraction of sp³-hybridized carbons (Fsp3) is 0.333. The number of rotatable bonds is 9. The zero-order valence-electron chi connectivity index (χ0n) is 15.8. The van der Waals surface area contributed by atoms with Gasteiger partial charge in [-0.3, -0.25) is 0 Å². The molecular formula is C24H31N. The van der Waals surface area contributed by atoms with Crippen molar-refractivity contribution in [2.24, 2.45) is 5.41 Å². The van der Waals surface area contributed by atoms with Crippen LogP contribution in [0.15, 0.2) is 85.0 Å². The summed E-state index contributed by atoms with van der Waals surface area (Å²) in [5.74, 6) is 0. The van der Waals surface area contributed by atoms with E-state index >= 15 is 0 Å².